The van der Waals surface area contributed by atoms with Gasteiger partial charge in [0.1, 0.15) is 11.5 Å². The van der Waals surface area contributed by atoms with Gasteiger partial charge in [0.25, 0.3) is 0 Å². The van der Waals surface area contributed by atoms with Crippen molar-refractivity contribution in [3.8, 4) is 11.5 Å². The number of carboxylic acid groups (broad SMARTS) is 1. The Morgan fingerprint density at radius 2 is 1.76 bits per heavy atom. The Balaban J connectivity index is 1.63. The van der Waals surface area contributed by atoms with Crippen LogP contribution in [0.15, 0.2) is 30.4 Å². The minimum Gasteiger partial charge on any atom is -0.497 e. The number of aliphatic carboxylic acids is 1. The molecule has 1 amide bonds. The molecule has 25 heavy (non-hydrogen) atoms. The molecule has 4 aliphatic carbocycles. The molecule has 2 saturated carbocycles. The van der Waals surface area contributed by atoms with Crippen molar-refractivity contribution in [2.45, 2.75) is 6.42 Å². The van der Waals surface area contributed by atoms with E-state index in [1.165, 1.54) is 7.11 Å². The molecule has 6 nitrogen and oxygen atoms in total. The van der Waals surface area contributed by atoms with E-state index in [1.807, 2.05) is 12.2 Å². The first-order valence-electron chi connectivity index (χ1n) is 8.49. The molecule has 0 aromatic heterocycles. The van der Waals surface area contributed by atoms with Gasteiger partial charge in [-0.05, 0) is 42.2 Å². The second-order valence-electron chi connectivity index (χ2n) is 7.05. The minimum atomic E-state index is -0.887. The first kappa shape index (κ1) is 16.0. The molecule has 6 heteroatoms. The van der Waals surface area contributed by atoms with Crippen LogP contribution in [0, 0.1) is 35.5 Å². The molecule has 0 radical (unpaired) electrons. The molecule has 2 bridgehead atoms. The Morgan fingerprint density at radius 1 is 1.08 bits per heavy atom. The number of allylic oxidation sites excluding steroid dienone is 2. The molecule has 1 aromatic carbocycles. The third-order valence-electron chi connectivity index (χ3n) is 5.90. The second-order valence-corrected chi connectivity index (χ2v) is 7.05. The predicted molar refractivity (Wildman–Crippen MR) is 90.5 cm³/mol. The van der Waals surface area contributed by atoms with Crippen LogP contribution in [-0.4, -0.2) is 31.2 Å². The zero-order valence-electron chi connectivity index (χ0n) is 14.1. The molecule has 0 unspecified atom stereocenters. The molecule has 1 aromatic rings. The molecule has 6 atom stereocenters. The van der Waals surface area contributed by atoms with Gasteiger partial charge in [0.2, 0.25) is 5.91 Å². The molecule has 2 N–H and O–H groups in total. The monoisotopic (exact) mass is 343 g/mol. The minimum absolute atomic E-state index is 0.00713. The summed E-state index contributed by atoms with van der Waals surface area (Å²) >= 11 is 0. The van der Waals surface area contributed by atoms with Gasteiger partial charge in [-0.1, -0.05) is 12.2 Å². The number of fused-ring (bicyclic) bond motifs is 1. The van der Waals surface area contributed by atoms with E-state index in [9.17, 15) is 14.7 Å². The fourth-order valence-corrected chi connectivity index (χ4v) is 4.70. The largest absolute Gasteiger partial charge is 0.497 e. The van der Waals surface area contributed by atoms with Crippen LogP contribution in [0.3, 0.4) is 0 Å². The van der Waals surface area contributed by atoms with Gasteiger partial charge in [0.15, 0.2) is 0 Å². The summed E-state index contributed by atoms with van der Waals surface area (Å²) in [5.41, 5.74) is 0.494. The molecular weight excluding hydrogens is 322 g/mol. The molecule has 132 valence electrons. The Morgan fingerprint density at radius 3 is 2.36 bits per heavy atom. The zero-order valence-corrected chi connectivity index (χ0v) is 14.1. The summed E-state index contributed by atoms with van der Waals surface area (Å²) in [6.45, 7) is 0. The summed E-state index contributed by atoms with van der Waals surface area (Å²) in [5.74, 6) is -0.378. The summed E-state index contributed by atoms with van der Waals surface area (Å²) in [4.78, 5) is 24.8. The van der Waals surface area contributed by atoms with Crippen molar-refractivity contribution in [3.63, 3.8) is 0 Å². The fraction of sp³-hybridized carbons (Fsp3) is 0.474. The number of hydrogen-bond donors (Lipinski definition) is 2. The highest BCUT2D eigenvalue weighted by molar-refractivity contribution is 5.97. The maximum absolute atomic E-state index is 13.0. The summed E-state index contributed by atoms with van der Waals surface area (Å²) in [6.07, 6.45) is 5.08. The Labute approximate surface area is 145 Å². The Bertz CT molecular complexity index is 758. The van der Waals surface area contributed by atoms with Gasteiger partial charge < -0.3 is 19.9 Å². The van der Waals surface area contributed by atoms with E-state index in [4.69, 9.17) is 9.47 Å². The highest BCUT2D eigenvalue weighted by Crippen LogP contribution is 2.63. The van der Waals surface area contributed by atoms with Crippen LogP contribution in [0.2, 0.25) is 0 Å². The van der Waals surface area contributed by atoms with Gasteiger partial charge in [-0.3, -0.25) is 9.59 Å². The number of hydrogen-bond acceptors (Lipinski definition) is 4. The van der Waals surface area contributed by atoms with E-state index in [2.05, 4.69) is 5.32 Å². The van der Waals surface area contributed by atoms with Crippen molar-refractivity contribution < 1.29 is 24.2 Å². The second kappa shape index (κ2) is 5.79. The first-order chi connectivity index (χ1) is 12.0. The van der Waals surface area contributed by atoms with Gasteiger partial charge in [-0.2, -0.15) is 0 Å². The number of nitrogens with one attached hydrogen (secondary N) is 1. The lowest BCUT2D eigenvalue weighted by atomic mass is 9.62. The lowest BCUT2D eigenvalue weighted by Crippen LogP contribution is -2.48. The highest BCUT2D eigenvalue weighted by atomic mass is 16.5. The molecular formula is C19H21NO5. The normalized spacial score (nSPS) is 34.2. The van der Waals surface area contributed by atoms with E-state index in [0.29, 0.717) is 29.0 Å². The van der Waals surface area contributed by atoms with Crippen molar-refractivity contribution in [2.24, 2.45) is 35.5 Å². The van der Waals surface area contributed by atoms with Gasteiger partial charge in [-0.15, -0.1) is 0 Å². The number of rotatable bonds is 5. The lowest BCUT2D eigenvalue weighted by molar-refractivity contribution is -0.152. The molecule has 4 aliphatic rings. The van der Waals surface area contributed by atoms with E-state index < -0.39 is 17.8 Å². The number of ether oxygens (including phenoxy) is 2. The molecule has 0 heterocycles. The average molecular weight is 343 g/mol. The van der Waals surface area contributed by atoms with Crippen LogP contribution in [0.5, 0.6) is 11.5 Å². The SMILES string of the molecule is COc1ccc(OC)c(NC(=O)[C@@H]2[C@H]3C=C[C@@H]([C@@H]4C[C@@H]34)[C@H]2C(=O)O)c1. The third-order valence-corrected chi connectivity index (χ3v) is 5.90. The molecule has 0 aliphatic heterocycles. The number of methoxy groups -OCH3 is 2. The maximum Gasteiger partial charge on any atom is 0.307 e. The predicted octanol–water partition coefficient (Wildman–Crippen LogP) is 2.41. The van der Waals surface area contributed by atoms with Crippen LogP contribution in [-0.2, 0) is 9.59 Å². The number of amides is 1. The standard InChI is InChI=1S/C19H21NO5/c1-24-9-3-6-15(25-2)14(7-9)20-18(21)16-10-4-5-11(13-8-12(10)13)17(16)19(22)23/h3-7,10-13,16-17H,8H2,1-2H3,(H,20,21)(H,22,23)/t10-,11-,12-,13-,16+,17+/m0/s1. The van der Waals surface area contributed by atoms with Crippen LogP contribution in [0.25, 0.3) is 0 Å². The number of carbonyl (C=O) groups excluding carboxylic acids is 1. The van der Waals surface area contributed by atoms with E-state index in [1.54, 1.807) is 25.3 Å². The van der Waals surface area contributed by atoms with E-state index in [0.717, 1.165) is 6.42 Å². The van der Waals surface area contributed by atoms with Crippen molar-refractivity contribution in [1.82, 2.24) is 0 Å². The van der Waals surface area contributed by atoms with Crippen LogP contribution in [0.4, 0.5) is 5.69 Å². The van der Waals surface area contributed by atoms with E-state index >= 15 is 0 Å². The highest BCUT2D eigenvalue weighted by Gasteiger charge is 2.63. The molecule has 0 spiro atoms. The fourth-order valence-electron chi connectivity index (χ4n) is 4.70. The van der Waals surface area contributed by atoms with Crippen LogP contribution < -0.4 is 14.8 Å². The smallest absolute Gasteiger partial charge is 0.307 e. The Kier molecular flexibility index (Phi) is 3.71. The Hall–Kier alpha value is -2.50. The summed E-state index contributed by atoms with van der Waals surface area (Å²) in [7, 11) is 3.07. The van der Waals surface area contributed by atoms with Gasteiger partial charge in [0.05, 0.1) is 31.7 Å². The van der Waals surface area contributed by atoms with Gasteiger partial charge in [-0.25, -0.2) is 0 Å². The van der Waals surface area contributed by atoms with Crippen molar-refractivity contribution >= 4 is 17.6 Å². The molecule has 5 rings (SSSR count). The summed E-state index contributed by atoms with van der Waals surface area (Å²) in [5, 5.41) is 12.6. The van der Waals surface area contributed by atoms with E-state index in [-0.39, 0.29) is 17.7 Å². The molecule has 0 saturated heterocycles. The number of carboxylic acids is 1. The lowest BCUT2D eigenvalue weighted by Gasteiger charge is -2.41. The number of anilines is 1. The number of carbonyl (C=O) groups is 2. The summed E-state index contributed by atoms with van der Waals surface area (Å²) in [6, 6.07) is 5.14. The zero-order chi connectivity index (χ0) is 17.7. The average Bonchev–Trinajstić information content (AvgIpc) is 3.43. The van der Waals surface area contributed by atoms with Crippen LogP contribution in [0.1, 0.15) is 6.42 Å². The van der Waals surface area contributed by atoms with Crippen molar-refractivity contribution in [1.29, 1.82) is 0 Å². The maximum atomic E-state index is 13.0. The van der Waals surface area contributed by atoms with Gasteiger partial charge >= 0.3 is 5.97 Å². The van der Waals surface area contributed by atoms with Gasteiger partial charge in [0, 0.05) is 6.07 Å². The third kappa shape index (κ3) is 2.47. The quantitative estimate of drug-likeness (QED) is 0.802. The molecule has 2 fully saturated rings. The number of benzene rings is 1. The first-order valence-corrected chi connectivity index (χ1v) is 8.49. The van der Waals surface area contributed by atoms with Crippen molar-refractivity contribution in [3.05, 3.63) is 30.4 Å². The van der Waals surface area contributed by atoms with Crippen LogP contribution >= 0.6 is 0 Å². The topological polar surface area (TPSA) is 84.9 Å². The summed E-state index contributed by atoms with van der Waals surface area (Å²) < 4.78 is 10.5. The van der Waals surface area contributed by atoms with Crippen molar-refractivity contribution in [2.75, 3.05) is 19.5 Å².